The quantitative estimate of drug-likeness (QED) is 0.626. The van der Waals surface area contributed by atoms with Gasteiger partial charge in [-0.2, -0.15) is 0 Å². The van der Waals surface area contributed by atoms with Crippen LogP contribution in [0.15, 0.2) is 0 Å². The molecule has 1 unspecified atom stereocenters. The molecule has 1 heterocycles. The summed E-state index contributed by atoms with van der Waals surface area (Å²) in [6.07, 6.45) is 1.71. The fourth-order valence-electron chi connectivity index (χ4n) is 1.31. The summed E-state index contributed by atoms with van der Waals surface area (Å²) < 4.78 is 9.19. The fraction of sp³-hybridized carbons (Fsp3) is 0.875. The molecule has 0 aliphatic carbocycles. The van der Waals surface area contributed by atoms with Gasteiger partial charge in [0.2, 0.25) is 0 Å². The third-order valence-corrected chi connectivity index (χ3v) is 2.00. The maximum absolute atomic E-state index is 10.6. The van der Waals surface area contributed by atoms with Crippen LogP contribution < -0.4 is 5.32 Å². The van der Waals surface area contributed by atoms with Crippen molar-refractivity contribution in [1.29, 1.82) is 0 Å². The monoisotopic (exact) mass is 173 g/mol. The van der Waals surface area contributed by atoms with Crippen molar-refractivity contribution in [1.82, 2.24) is 5.32 Å². The van der Waals surface area contributed by atoms with E-state index in [1.807, 2.05) is 0 Å². The second kappa shape index (κ2) is 4.98. The fourth-order valence-corrected chi connectivity index (χ4v) is 1.31. The van der Waals surface area contributed by atoms with Crippen molar-refractivity contribution in [3.8, 4) is 0 Å². The molecule has 1 aliphatic rings. The molecular weight excluding hydrogens is 158 g/mol. The second-order valence-corrected chi connectivity index (χ2v) is 2.98. The molecule has 4 heteroatoms. The number of rotatable bonds is 2. The summed E-state index contributed by atoms with van der Waals surface area (Å²) in [6.45, 7) is 2.49. The average Bonchev–Trinajstić information content (AvgIpc) is 2.16. The molecule has 1 N–H and O–H groups in total. The van der Waals surface area contributed by atoms with E-state index < -0.39 is 6.16 Å². The Morgan fingerprint density at radius 2 is 2.50 bits per heavy atom. The van der Waals surface area contributed by atoms with Gasteiger partial charge in [-0.3, -0.25) is 0 Å². The van der Waals surface area contributed by atoms with Gasteiger partial charge in [0.05, 0.1) is 13.7 Å². The number of ether oxygens (including phenoxy) is 2. The van der Waals surface area contributed by atoms with Crippen LogP contribution in [0.4, 0.5) is 4.79 Å². The van der Waals surface area contributed by atoms with Crippen molar-refractivity contribution in [2.45, 2.75) is 12.8 Å². The zero-order chi connectivity index (χ0) is 8.81. The molecule has 12 heavy (non-hydrogen) atoms. The Morgan fingerprint density at radius 3 is 3.08 bits per heavy atom. The largest absolute Gasteiger partial charge is 0.507 e. The van der Waals surface area contributed by atoms with E-state index in [1.165, 1.54) is 7.11 Å². The van der Waals surface area contributed by atoms with Crippen molar-refractivity contribution < 1.29 is 14.3 Å². The number of hydrogen-bond donors (Lipinski definition) is 1. The SMILES string of the molecule is COC(=O)OCC1CCCNC1. The number of carbonyl (C=O) groups is 1. The maximum atomic E-state index is 10.6. The molecule has 1 saturated heterocycles. The first kappa shape index (κ1) is 9.32. The Morgan fingerprint density at radius 1 is 1.67 bits per heavy atom. The van der Waals surface area contributed by atoms with Gasteiger partial charge < -0.3 is 14.8 Å². The second-order valence-electron chi connectivity index (χ2n) is 2.98. The van der Waals surface area contributed by atoms with E-state index in [0.29, 0.717) is 12.5 Å². The third-order valence-electron chi connectivity index (χ3n) is 2.00. The normalized spacial score (nSPS) is 23.2. The molecular formula is C8H15NO3. The van der Waals surface area contributed by atoms with Gasteiger partial charge in [-0.25, -0.2) is 4.79 Å². The van der Waals surface area contributed by atoms with Crippen LogP contribution in [-0.2, 0) is 9.47 Å². The van der Waals surface area contributed by atoms with Crippen LogP contribution in [0.1, 0.15) is 12.8 Å². The zero-order valence-corrected chi connectivity index (χ0v) is 7.34. The topological polar surface area (TPSA) is 47.6 Å². The lowest BCUT2D eigenvalue weighted by atomic mass is 10.0. The Hall–Kier alpha value is -0.770. The van der Waals surface area contributed by atoms with Crippen molar-refractivity contribution in [2.24, 2.45) is 5.92 Å². The lowest BCUT2D eigenvalue weighted by molar-refractivity contribution is 0.0565. The summed E-state index contributed by atoms with van der Waals surface area (Å²) in [4.78, 5) is 10.6. The summed E-state index contributed by atoms with van der Waals surface area (Å²) in [5.41, 5.74) is 0. The molecule has 0 amide bonds. The molecule has 0 saturated carbocycles. The minimum atomic E-state index is -0.583. The molecule has 1 fully saturated rings. The van der Waals surface area contributed by atoms with E-state index >= 15 is 0 Å². The van der Waals surface area contributed by atoms with Crippen LogP contribution >= 0.6 is 0 Å². The minimum absolute atomic E-state index is 0.456. The van der Waals surface area contributed by atoms with Gasteiger partial charge in [0.15, 0.2) is 0 Å². The molecule has 70 valence electrons. The highest BCUT2D eigenvalue weighted by molar-refractivity contribution is 5.59. The lowest BCUT2D eigenvalue weighted by Gasteiger charge is -2.21. The zero-order valence-electron chi connectivity index (χ0n) is 7.34. The van der Waals surface area contributed by atoms with Gasteiger partial charge in [0, 0.05) is 12.5 Å². The van der Waals surface area contributed by atoms with Gasteiger partial charge >= 0.3 is 6.16 Å². The molecule has 4 nitrogen and oxygen atoms in total. The minimum Gasteiger partial charge on any atom is -0.438 e. The Balaban J connectivity index is 2.09. The first-order chi connectivity index (χ1) is 5.83. The van der Waals surface area contributed by atoms with Crippen LogP contribution in [0.25, 0.3) is 0 Å². The van der Waals surface area contributed by atoms with Gasteiger partial charge in [-0.05, 0) is 19.4 Å². The Bertz CT molecular complexity index is 143. The molecule has 0 bridgehead atoms. The van der Waals surface area contributed by atoms with Crippen LogP contribution in [0.5, 0.6) is 0 Å². The van der Waals surface area contributed by atoms with Crippen molar-refractivity contribution in [3.05, 3.63) is 0 Å². The average molecular weight is 173 g/mol. The molecule has 0 aromatic rings. The Kier molecular flexibility index (Phi) is 3.87. The van der Waals surface area contributed by atoms with E-state index in [9.17, 15) is 4.79 Å². The van der Waals surface area contributed by atoms with Gasteiger partial charge in [-0.15, -0.1) is 0 Å². The molecule has 0 radical (unpaired) electrons. The first-order valence-electron chi connectivity index (χ1n) is 4.24. The summed E-state index contributed by atoms with van der Waals surface area (Å²) >= 11 is 0. The summed E-state index contributed by atoms with van der Waals surface area (Å²) in [6, 6.07) is 0. The predicted molar refractivity (Wildman–Crippen MR) is 44.0 cm³/mol. The standard InChI is InChI=1S/C8H15NO3/c1-11-8(10)12-6-7-3-2-4-9-5-7/h7,9H,2-6H2,1H3. The number of nitrogens with one attached hydrogen (secondary N) is 1. The number of carbonyl (C=O) groups excluding carboxylic acids is 1. The maximum Gasteiger partial charge on any atom is 0.507 e. The van der Waals surface area contributed by atoms with Gasteiger partial charge in [0.1, 0.15) is 0 Å². The Labute approximate surface area is 72.2 Å². The molecule has 0 aromatic heterocycles. The molecule has 1 aliphatic heterocycles. The lowest BCUT2D eigenvalue weighted by Crippen LogP contribution is -2.32. The van der Waals surface area contributed by atoms with Gasteiger partial charge in [-0.1, -0.05) is 0 Å². The molecule has 0 spiro atoms. The van der Waals surface area contributed by atoms with Crippen LogP contribution in [0, 0.1) is 5.92 Å². The summed E-state index contributed by atoms with van der Waals surface area (Å²) in [7, 11) is 1.32. The molecule has 0 aromatic carbocycles. The van der Waals surface area contributed by atoms with Crippen molar-refractivity contribution in [2.75, 3.05) is 26.8 Å². The molecule has 1 rings (SSSR count). The van der Waals surface area contributed by atoms with Crippen LogP contribution in [0.2, 0.25) is 0 Å². The third kappa shape index (κ3) is 3.09. The van der Waals surface area contributed by atoms with Crippen molar-refractivity contribution >= 4 is 6.16 Å². The predicted octanol–water partition coefficient (Wildman–Crippen LogP) is 0.769. The number of hydrogen-bond acceptors (Lipinski definition) is 4. The van der Waals surface area contributed by atoms with Crippen molar-refractivity contribution in [3.63, 3.8) is 0 Å². The summed E-state index contributed by atoms with van der Waals surface area (Å²) in [5, 5.41) is 3.24. The smallest absolute Gasteiger partial charge is 0.438 e. The highest BCUT2D eigenvalue weighted by Crippen LogP contribution is 2.09. The first-order valence-corrected chi connectivity index (χ1v) is 4.24. The highest BCUT2D eigenvalue weighted by Gasteiger charge is 2.14. The number of methoxy groups -OCH3 is 1. The van der Waals surface area contributed by atoms with E-state index in [4.69, 9.17) is 4.74 Å². The number of piperidine rings is 1. The van der Waals surface area contributed by atoms with E-state index in [1.54, 1.807) is 0 Å². The van der Waals surface area contributed by atoms with Crippen LogP contribution in [0.3, 0.4) is 0 Å². The van der Waals surface area contributed by atoms with Gasteiger partial charge in [0.25, 0.3) is 0 Å². The molecule has 1 atom stereocenters. The van der Waals surface area contributed by atoms with E-state index in [0.717, 1.165) is 25.9 Å². The van der Waals surface area contributed by atoms with E-state index in [2.05, 4.69) is 10.1 Å². The van der Waals surface area contributed by atoms with Crippen LogP contribution in [-0.4, -0.2) is 33.0 Å². The summed E-state index contributed by atoms with van der Waals surface area (Å²) in [5.74, 6) is 0.456. The highest BCUT2D eigenvalue weighted by atomic mass is 16.7. The van der Waals surface area contributed by atoms with E-state index in [-0.39, 0.29) is 0 Å².